The molecule has 0 spiro atoms. The number of nitrogens with zero attached hydrogens (tertiary/aromatic N) is 2. The summed E-state index contributed by atoms with van der Waals surface area (Å²) < 4.78 is 1.56. The molecule has 0 aliphatic carbocycles. The summed E-state index contributed by atoms with van der Waals surface area (Å²) in [7, 11) is 0. The maximum absolute atomic E-state index is 11.8. The van der Waals surface area contributed by atoms with Crippen molar-refractivity contribution in [2.45, 2.75) is 6.54 Å². The van der Waals surface area contributed by atoms with Crippen LogP contribution in [0.3, 0.4) is 0 Å². The summed E-state index contributed by atoms with van der Waals surface area (Å²) in [6.45, 7) is 0.398. The third-order valence-electron chi connectivity index (χ3n) is 3.32. The molecule has 0 aliphatic rings. The molecule has 22 heavy (non-hydrogen) atoms. The highest BCUT2D eigenvalue weighted by Crippen LogP contribution is 2.24. The minimum atomic E-state index is -1.57. The zero-order valence-electron chi connectivity index (χ0n) is 11.4. The van der Waals surface area contributed by atoms with Gasteiger partial charge in [0.2, 0.25) is 0 Å². The summed E-state index contributed by atoms with van der Waals surface area (Å²) in [5.74, 6) is -2.72. The minimum absolute atomic E-state index is 0.0498. The summed E-state index contributed by atoms with van der Waals surface area (Å²) in [5.41, 5.74) is 1.38. The number of aromatic nitrogens is 2. The molecule has 0 saturated carbocycles. The molecule has 0 atom stereocenters. The average Bonchev–Trinajstić information content (AvgIpc) is 2.85. The Morgan fingerprint density at radius 1 is 1.09 bits per heavy atom. The number of carbonyl (C=O) groups excluding carboxylic acids is 1. The monoisotopic (exact) mass is 296 g/mol. The number of aromatic hydroxyl groups is 1. The van der Waals surface area contributed by atoms with Gasteiger partial charge in [0.25, 0.3) is 5.78 Å². The molecule has 6 heteroatoms. The van der Waals surface area contributed by atoms with Gasteiger partial charge in [-0.25, -0.2) is 4.79 Å². The Bertz CT molecular complexity index is 868. The lowest BCUT2D eigenvalue weighted by molar-refractivity contribution is -0.131. The van der Waals surface area contributed by atoms with E-state index in [0.29, 0.717) is 17.4 Å². The van der Waals surface area contributed by atoms with Gasteiger partial charge in [0.05, 0.1) is 12.1 Å². The van der Waals surface area contributed by atoms with E-state index in [1.807, 2.05) is 30.3 Å². The number of hydrogen-bond acceptors (Lipinski definition) is 4. The first-order valence-electron chi connectivity index (χ1n) is 6.57. The first-order valence-corrected chi connectivity index (χ1v) is 6.57. The second kappa shape index (κ2) is 5.33. The number of aliphatic carboxylic acids is 1. The van der Waals surface area contributed by atoms with Crippen LogP contribution in [0.2, 0.25) is 0 Å². The normalized spacial score (nSPS) is 10.7. The molecule has 3 aromatic rings. The van der Waals surface area contributed by atoms with Crippen LogP contribution in [0.25, 0.3) is 10.9 Å². The van der Waals surface area contributed by atoms with Crippen LogP contribution in [-0.4, -0.2) is 31.7 Å². The quantitative estimate of drug-likeness (QED) is 0.568. The SMILES string of the molecule is O=C(O)C(=O)c1nn(Cc2ccccc2)c2ccc(O)cc12. The van der Waals surface area contributed by atoms with Crippen molar-refractivity contribution in [2.75, 3.05) is 0 Å². The molecule has 0 radical (unpaired) electrons. The van der Waals surface area contributed by atoms with E-state index in [9.17, 15) is 14.7 Å². The van der Waals surface area contributed by atoms with Gasteiger partial charge in [0, 0.05) is 5.39 Å². The number of Topliss-reactive ketones (excluding diaryl/α,β-unsaturated/α-hetero) is 1. The molecular weight excluding hydrogens is 284 g/mol. The van der Waals surface area contributed by atoms with Crippen LogP contribution >= 0.6 is 0 Å². The van der Waals surface area contributed by atoms with E-state index >= 15 is 0 Å². The highest BCUT2D eigenvalue weighted by atomic mass is 16.4. The zero-order chi connectivity index (χ0) is 15.7. The van der Waals surface area contributed by atoms with E-state index in [-0.39, 0.29) is 11.4 Å². The van der Waals surface area contributed by atoms with Gasteiger partial charge in [-0.1, -0.05) is 30.3 Å². The average molecular weight is 296 g/mol. The molecule has 0 unspecified atom stereocenters. The van der Waals surface area contributed by atoms with Crippen molar-refractivity contribution in [3.05, 3.63) is 59.8 Å². The Morgan fingerprint density at radius 3 is 2.50 bits per heavy atom. The number of fused-ring (bicyclic) bond motifs is 1. The Balaban J connectivity index is 2.15. The molecule has 0 saturated heterocycles. The fraction of sp³-hybridized carbons (Fsp3) is 0.0625. The molecule has 1 heterocycles. The van der Waals surface area contributed by atoms with Gasteiger partial charge >= 0.3 is 5.97 Å². The predicted molar refractivity (Wildman–Crippen MR) is 78.9 cm³/mol. The first kappa shape index (κ1) is 13.8. The molecule has 3 rings (SSSR count). The number of hydrogen-bond donors (Lipinski definition) is 2. The fourth-order valence-electron chi connectivity index (χ4n) is 2.31. The molecule has 0 aliphatic heterocycles. The summed E-state index contributed by atoms with van der Waals surface area (Å²) in [4.78, 5) is 22.7. The molecule has 6 nitrogen and oxygen atoms in total. The lowest BCUT2D eigenvalue weighted by Crippen LogP contribution is -2.14. The highest BCUT2D eigenvalue weighted by molar-refractivity contribution is 6.41. The largest absolute Gasteiger partial charge is 0.508 e. The lowest BCUT2D eigenvalue weighted by Gasteiger charge is -2.03. The second-order valence-corrected chi connectivity index (χ2v) is 4.83. The van der Waals surface area contributed by atoms with Crippen LogP contribution in [0.1, 0.15) is 16.1 Å². The number of ketones is 1. The van der Waals surface area contributed by atoms with Crippen molar-refractivity contribution in [3.8, 4) is 5.75 Å². The summed E-state index contributed by atoms with van der Waals surface area (Å²) >= 11 is 0. The molecular formula is C16H12N2O4. The number of carboxylic acid groups (broad SMARTS) is 1. The van der Waals surface area contributed by atoms with Crippen LogP contribution in [0, 0.1) is 0 Å². The number of benzene rings is 2. The van der Waals surface area contributed by atoms with Gasteiger partial charge in [-0.2, -0.15) is 5.10 Å². The van der Waals surface area contributed by atoms with Crippen LogP contribution in [0.5, 0.6) is 5.75 Å². The Kier molecular flexibility index (Phi) is 3.34. The maximum atomic E-state index is 11.8. The van der Waals surface area contributed by atoms with Gasteiger partial charge < -0.3 is 10.2 Å². The third-order valence-corrected chi connectivity index (χ3v) is 3.32. The highest BCUT2D eigenvalue weighted by Gasteiger charge is 2.23. The van der Waals surface area contributed by atoms with E-state index in [4.69, 9.17) is 5.11 Å². The Labute approximate surface area is 125 Å². The zero-order valence-corrected chi connectivity index (χ0v) is 11.4. The first-order chi connectivity index (χ1) is 10.6. The number of phenolic OH excluding ortho intramolecular Hbond substituents is 1. The van der Waals surface area contributed by atoms with E-state index in [1.54, 1.807) is 10.7 Å². The minimum Gasteiger partial charge on any atom is -0.508 e. The smallest absolute Gasteiger partial charge is 0.379 e. The number of phenols is 1. The van der Waals surface area contributed by atoms with E-state index < -0.39 is 11.8 Å². The number of carbonyl (C=O) groups is 2. The van der Waals surface area contributed by atoms with Gasteiger partial charge in [0.15, 0.2) is 0 Å². The standard InChI is InChI=1S/C16H12N2O4/c19-11-6-7-13-12(8-11)14(15(20)16(21)22)17-18(13)9-10-4-2-1-3-5-10/h1-8,19H,9H2,(H,21,22). The van der Waals surface area contributed by atoms with Crippen LogP contribution in [-0.2, 0) is 11.3 Å². The van der Waals surface area contributed by atoms with E-state index in [0.717, 1.165) is 5.56 Å². The van der Waals surface area contributed by atoms with Crippen molar-refractivity contribution in [1.29, 1.82) is 0 Å². The van der Waals surface area contributed by atoms with Gasteiger partial charge in [-0.3, -0.25) is 9.48 Å². The Hall–Kier alpha value is -3.15. The number of carboxylic acids is 1. The maximum Gasteiger partial charge on any atom is 0.379 e. The van der Waals surface area contributed by atoms with Gasteiger partial charge in [-0.05, 0) is 23.8 Å². The van der Waals surface area contributed by atoms with Crippen LogP contribution in [0.4, 0.5) is 0 Å². The van der Waals surface area contributed by atoms with Crippen molar-refractivity contribution >= 4 is 22.7 Å². The van der Waals surface area contributed by atoms with Crippen LogP contribution < -0.4 is 0 Å². The third kappa shape index (κ3) is 2.42. The van der Waals surface area contributed by atoms with Gasteiger partial charge in [-0.15, -0.1) is 0 Å². The van der Waals surface area contributed by atoms with Crippen LogP contribution in [0.15, 0.2) is 48.5 Å². The Morgan fingerprint density at radius 2 is 1.82 bits per heavy atom. The molecule has 2 N–H and O–H groups in total. The number of rotatable bonds is 4. The van der Waals surface area contributed by atoms with Crippen molar-refractivity contribution in [1.82, 2.24) is 9.78 Å². The van der Waals surface area contributed by atoms with E-state index in [2.05, 4.69) is 5.10 Å². The molecule has 2 aromatic carbocycles. The molecule has 1 aromatic heterocycles. The molecule has 0 fully saturated rings. The molecule has 0 amide bonds. The fourth-order valence-corrected chi connectivity index (χ4v) is 2.31. The second-order valence-electron chi connectivity index (χ2n) is 4.83. The summed E-state index contributed by atoms with van der Waals surface area (Å²) in [5, 5.41) is 22.9. The van der Waals surface area contributed by atoms with Gasteiger partial charge in [0.1, 0.15) is 11.4 Å². The predicted octanol–water partition coefficient (Wildman–Crippen LogP) is 2.06. The molecule has 110 valence electrons. The summed E-state index contributed by atoms with van der Waals surface area (Å²) in [6.07, 6.45) is 0. The molecule has 0 bridgehead atoms. The lowest BCUT2D eigenvalue weighted by atomic mass is 10.1. The van der Waals surface area contributed by atoms with Crippen molar-refractivity contribution < 1.29 is 19.8 Å². The van der Waals surface area contributed by atoms with E-state index in [1.165, 1.54) is 12.1 Å². The van der Waals surface area contributed by atoms with Crippen molar-refractivity contribution in [2.24, 2.45) is 0 Å². The summed E-state index contributed by atoms with van der Waals surface area (Å²) in [6, 6.07) is 13.9. The van der Waals surface area contributed by atoms with Crippen molar-refractivity contribution in [3.63, 3.8) is 0 Å². The topological polar surface area (TPSA) is 92.4 Å².